The van der Waals surface area contributed by atoms with Gasteiger partial charge in [-0.3, -0.25) is 4.79 Å². The first-order chi connectivity index (χ1) is 10.9. The summed E-state index contributed by atoms with van der Waals surface area (Å²) in [7, 11) is 1.63. The molecule has 122 valence electrons. The maximum atomic E-state index is 13.5. The van der Waals surface area contributed by atoms with Crippen LogP contribution in [0.25, 0.3) is 0 Å². The Balaban J connectivity index is 1.97. The fourth-order valence-electron chi connectivity index (χ4n) is 2.18. The van der Waals surface area contributed by atoms with E-state index in [9.17, 15) is 13.6 Å². The Morgan fingerprint density at radius 2 is 1.87 bits per heavy atom. The van der Waals surface area contributed by atoms with E-state index in [2.05, 4.69) is 0 Å². The van der Waals surface area contributed by atoms with Crippen LogP contribution in [0.4, 0.5) is 8.78 Å². The quantitative estimate of drug-likeness (QED) is 0.747. The van der Waals surface area contributed by atoms with Crippen LogP contribution in [-0.4, -0.2) is 17.9 Å². The van der Waals surface area contributed by atoms with Crippen LogP contribution in [0.1, 0.15) is 17.5 Å². The van der Waals surface area contributed by atoms with Crippen molar-refractivity contribution in [3.05, 3.63) is 69.2 Å². The molecule has 2 nitrogen and oxygen atoms in total. The zero-order valence-electron chi connectivity index (χ0n) is 12.5. The second kappa shape index (κ2) is 7.75. The second-order valence-corrected chi connectivity index (χ2v) is 5.98. The second-order valence-electron chi connectivity index (χ2n) is 5.20. The third kappa shape index (κ3) is 4.66. The first-order valence-electron chi connectivity index (χ1n) is 6.99. The molecular weight excluding hydrogens is 343 g/mol. The molecule has 23 heavy (non-hydrogen) atoms. The summed E-state index contributed by atoms with van der Waals surface area (Å²) in [6, 6.07) is 8.42. The van der Waals surface area contributed by atoms with Crippen molar-refractivity contribution in [2.24, 2.45) is 0 Å². The average Bonchev–Trinajstić information content (AvgIpc) is 2.52. The standard InChI is InChI=1S/C17H15Cl2F2NO/c1-22(10-12-3-2-4-14(18)17(12)19)16(23)8-5-11-9-13(20)6-7-15(11)21/h2-4,6-7,9H,5,8,10H2,1H3. The summed E-state index contributed by atoms with van der Waals surface area (Å²) in [4.78, 5) is 13.6. The van der Waals surface area contributed by atoms with Crippen molar-refractivity contribution in [2.75, 3.05) is 7.05 Å². The van der Waals surface area contributed by atoms with Gasteiger partial charge in [-0.15, -0.1) is 0 Å². The molecule has 0 atom stereocenters. The van der Waals surface area contributed by atoms with Gasteiger partial charge >= 0.3 is 0 Å². The van der Waals surface area contributed by atoms with E-state index in [0.29, 0.717) is 16.6 Å². The van der Waals surface area contributed by atoms with Crippen LogP contribution in [0.3, 0.4) is 0 Å². The number of halogens is 4. The molecule has 0 saturated carbocycles. The zero-order valence-corrected chi connectivity index (χ0v) is 14.0. The number of hydrogen-bond donors (Lipinski definition) is 0. The normalized spacial score (nSPS) is 10.7. The molecule has 0 N–H and O–H groups in total. The minimum absolute atomic E-state index is 0.0784. The molecule has 0 saturated heterocycles. The minimum Gasteiger partial charge on any atom is -0.341 e. The maximum Gasteiger partial charge on any atom is 0.222 e. The topological polar surface area (TPSA) is 20.3 Å². The molecule has 0 bridgehead atoms. The van der Waals surface area contributed by atoms with E-state index in [1.807, 2.05) is 0 Å². The van der Waals surface area contributed by atoms with Crippen molar-refractivity contribution >= 4 is 29.1 Å². The van der Waals surface area contributed by atoms with Crippen molar-refractivity contribution in [1.82, 2.24) is 4.90 Å². The number of rotatable bonds is 5. The summed E-state index contributed by atoms with van der Waals surface area (Å²) in [5.41, 5.74) is 0.916. The Bertz CT molecular complexity index is 722. The first kappa shape index (κ1) is 17.7. The number of benzene rings is 2. The Morgan fingerprint density at radius 3 is 2.61 bits per heavy atom. The van der Waals surface area contributed by atoms with Crippen molar-refractivity contribution in [2.45, 2.75) is 19.4 Å². The SMILES string of the molecule is CN(Cc1cccc(Cl)c1Cl)C(=O)CCc1cc(F)ccc1F. The average molecular weight is 358 g/mol. The zero-order chi connectivity index (χ0) is 17.0. The molecule has 0 unspecified atom stereocenters. The lowest BCUT2D eigenvalue weighted by Gasteiger charge is -2.18. The summed E-state index contributed by atoms with van der Waals surface area (Å²) >= 11 is 12.0. The largest absolute Gasteiger partial charge is 0.341 e. The highest BCUT2D eigenvalue weighted by atomic mass is 35.5. The van der Waals surface area contributed by atoms with Gasteiger partial charge in [0.25, 0.3) is 0 Å². The number of carbonyl (C=O) groups is 1. The lowest BCUT2D eigenvalue weighted by atomic mass is 10.1. The van der Waals surface area contributed by atoms with E-state index in [-0.39, 0.29) is 24.3 Å². The molecule has 0 aliphatic heterocycles. The molecular formula is C17H15Cl2F2NO. The van der Waals surface area contributed by atoms with Crippen LogP contribution in [0.15, 0.2) is 36.4 Å². The number of hydrogen-bond acceptors (Lipinski definition) is 1. The van der Waals surface area contributed by atoms with E-state index in [4.69, 9.17) is 23.2 Å². The molecule has 2 rings (SSSR count). The smallest absolute Gasteiger partial charge is 0.222 e. The van der Waals surface area contributed by atoms with Gasteiger partial charge in [0.2, 0.25) is 5.91 Å². The summed E-state index contributed by atoms with van der Waals surface area (Å²) in [5, 5.41) is 0.830. The lowest BCUT2D eigenvalue weighted by molar-refractivity contribution is -0.130. The van der Waals surface area contributed by atoms with Gasteiger partial charge in [-0.05, 0) is 41.8 Å². The Hall–Kier alpha value is -1.65. The van der Waals surface area contributed by atoms with Gasteiger partial charge in [-0.2, -0.15) is 0 Å². The van der Waals surface area contributed by atoms with Crippen molar-refractivity contribution < 1.29 is 13.6 Å². The van der Waals surface area contributed by atoms with Gasteiger partial charge in [0, 0.05) is 20.0 Å². The maximum absolute atomic E-state index is 13.5. The van der Waals surface area contributed by atoms with E-state index < -0.39 is 11.6 Å². The molecule has 2 aromatic carbocycles. The third-order valence-electron chi connectivity index (χ3n) is 3.48. The molecule has 0 radical (unpaired) electrons. The summed E-state index contributed by atoms with van der Waals surface area (Å²) < 4.78 is 26.7. The van der Waals surface area contributed by atoms with Crippen LogP contribution in [0, 0.1) is 11.6 Å². The molecule has 1 amide bonds. The number of aryl methyl sites for hydroxylation is 1. The molecule has 0 heterocycles. The summed E-state index contributed by atoms with van der Waals surface area (Å²) in [6.07, 6.45) is 0.213. The predicted octanol–water partition coefficient (Wildman–Crippen LogP) is 4.86. The van der Waals surface area contributed by atoms with Gasteiger partial charge in [0.15, 0.2) is 0 Å². The molecule has 6 heteroatoms. The first-order valence-corrected chi connectivity index (χ1v) is 7.75. The Kier molecular flexibility index (Phi) is 5.97. The van der Waals surface area contributed by atoms with Crippen LogP contribution in [0.2, 0.25) is 10.0 Å². The van der Waals surface area contributed by atoms with Crippen LogP contribution >= 0.6 is 23.2 Å². The molecule has 0 aliphatic carbocycles. The van der Waals surface area contributed by atoms with E-state index in [1.165, 1.54) is 4.90 Å². The number of carbonyl (C=O) groups excluding carboxylic acids is 1. The third-order valence-corrected chi connectivity index (χ3v) is 4.34. The van der Waals surface area contributed by atoms with Gasteiger partial charge in [-0.1, -0.05) is 35.3 Å². The highest BCUT2D eigenvalue weighted by Crippen LogP contribution is 2.26. The number of amides is 1. The van der Waals surface area contributed by atoms with Crippen molar-refractivity contribution in [3.63, 3.8) is 0 Å². The Morgan fingerprint density at radius 1 is 1.13 bits per heavy atom. The minimum atomic E-state index is -0.520. The van der Waals surface area contributed by atoms with Crippen LogP contribution in [-0.2, 0) is 17.8 Å². The lowest BCUT2D eigenvalue weighted by Crippen LogP contribution is -2.26. The molecule has 0 fully saturated rings. The number of nitrogens with zero attached hydrogens (tertiary/aromatic N) is 1. The van der Waals surface area contributed by atoms with E-state index in [1.54, 1.807) is 25.2 Å². The van der Waals surface area contributed by atoms with Crippen molar-refractivity contribution in [3.8, 4) is 0 Å². The van der Waals surface area contributed by atoms with Crippen LogP contribution in [0.5, 0.6) is 0 Å². The molecule has 2 aromatic rings. The molecule has 0 spiro atoms. The highest BCUT2D eigenvalue weighted by molar-refractivity contribution is 6.42. The van der Waals surface area contributed by atoms with Gasteiger partial charge in [0.1, 0.15) is 11.6 Å². The molecule has 0 aromatic heterocycles. The fourth-order valence-corrected chi connectivity index (χ4v) is 2.56. The fraction of sp³-hybridized carbons (Fsp3) is 0.235. The van der Waals surface area contributed by atoms with Gasteiger partial charge in [-0.25, -0.2) is 8.78 Å². The summed E-state index contributed by atoms with van der Waals surface area (Å²) in [6.45, 7) is 0.295. The molecule has 0 aliphatic rings. The van der Waals surface area contributed by atoms with Crippen molar-refractivity contribution in [1.29, 1.82) is 0 Å². The van der Waals surface area contributed by atoms with Crippen LogP contribution < -0.4 is 0 Å². The predicted molar refractivity (Wildman–Crippen MR) is 87.6 cm³/mol. The summed E-state index contributed by atoms with van der Waals surface area (Å²) in [5.74, 6) is -1.22. The van der Waals surface area contributed by atoms with E-state index in [0.717, 1.165) is 23.8 Å². The van der Waals surface area contributed by atoms with E-state index >= 15 is 0 Å². The van der Waals surface area contributed by atoms with Gasteiger partial charge in [0.05, 0.1) is 10.0 Å². The Labute approximate surface area is 143 Å². The highest BCUT2D eigenvalue weighted by Gasteiger charge is 2.14. The monoisotopic (exact) mass is 357 g/mol. The van der Waals surface area contributed by atoms with Gasteiger partial charge < -0.3 is 4.90 Å².